The van der Waals surface area contributed by atoms with Crippen molar-refractivity contribution >= 4 is 0 Å². The molecule has 0 spiro atoms. The van der Waals surface area contributed by atoms with Crippen molar-refractivity contribution in [3.63, 3.8) is 0 Å². The van der Waals surface area contributed by atoms with Crippen molar-refractivity contribution in [1.29, 1.82) is 0 Å². The molecule has 0 saturated heterocycles. The van der Waals surface area contributed by atoms with Gasteiger partial charge in [0.05, 0.1) is 11.6 Å². The Hall–Kier alpha value is -0.380. The zero-order valence-electron chi connectivity index (χ0n) is 10.9. The fourth-order valence-corrected chi connectivity index (χ4v) is 2.65. The molecule has 0 bridgehead atoms. The highest BCUT2D eigenvalue weighted by Gasteiger charge is 2.37. The monoisotopic (exact) mass is 226 g/mol. The van der Waals surface area contributed by atoms with E-state index in [4.69, 9.17) is 10.6 Å². The minimum absolute atomic E-state index is 0.109. The molecule has 1 aliphatic rings. The van der Waals surface area contributed by atoms with Gasteiger partial charge in [0.2, 0.25) is 0 Å². The average molecular weight is 226 g/mol. The van der Waals surface area contributed by atoms with Crippen molar-refractivity contribution < 1.29 is 4.74 Å². The lowest BCUT2D eigenvalue weighted by atomic mass is 9.85. The van der Waals surface area contributed by atoms with Gasteiger partial charge in [0.15, 0.2) is 0 Å². The molecule has 0 aromatic carbocycles. The van der Waals surface area contributed by atoms with Gasteiger partial charge in [-0.15, -0.1) is 0 Å². The van der Waals surface area contributed by atoms with Gasteiger partial charge in [-0.25, -0.2) is 0 Å². The SMILES string of the molecule is COC1(C(C=C(C)C)NN)CCCCCC1. The molecule has 0 aromatic heterocycles. The zero-order valence-corrected chi connectivity index (χ0v) is 10.9. The van der Waals surface area contributed by atoms with E-state index in [-0.39, 0.29) is 11.6 Å². The van der Waals surface area contributed by atoms with E-state index in [1.807, 2.05) is 7.11 Å². The number of hydrazine groups is 1. The molecule has 1 atom stereocenters. The van der Waals surface area contributed by atoms with Crippen LogP contribution in [0.5, 0.6) is 0 Å². The lowest BCUT2D eigenvalue weighted by molar-refractivity contribution is -0.0409. The standard InChI is InChI=1S/C13H26N2O/c1-11(2)10-12(15-14)13(16-3)8-6-4-5-7-9-13/h10,12,15H,4-9,14H2,1-3H3. The highest BCUT2D eigenvalue weighted by atomic mass is 16.5. The third-order valence-electron chi connectivity index (χ3n) is 3.60. The fourth-order valence-electron chi connectivity index (χ4n) is 2.65. The lowest BCUT2D eigenvalue weighted by Gasteiger charge is -2.37. The second-order valence-corrected chi connectivity index (χ2v) is 5.07. The second-order valence-electron chi connectivity index (χ2n) is 5.07. The van der Waals surface area contributed by atoms with Crippen LogP contribution in [-0.4, -0.2) is 18.8 Å². The van der Waals surface area contributed by atoms with Crippen LogP contribution in [0.15, 0.2) is 11.6 Å². The topological polar surface area (TPSA) is 47.3 Å². The first-order valence-electron chi connectivity index (χ1n) is 6.31. The minimum atomic E-state index is -0.109. The predicted octanol–water partition coefficient (Wildman–Crippen LogP) is 2.52. The molecule has 1 fully saturated rings. The molecule has 16 heavy (non-hydrogen) atoms. The van der Waals surface area contributed by atoms with Crippen molar-refractivity contribution in [1.82, 2.24) is 5.43 Å². The summed E-state index contributed by atoms with van der Waals surface area (Å²) >= 11 is 0. The van der Waals surface area contributed by atoms with Crippen LogP contribution < -0.4 is 11.3 Å². The first-order chi connectivity index (χ1) is 7.64. The Bertz CT molecular complexity index is 226. The van der Waals surface area contributed by atoms with E-state index in [1.165, 1.54) is 31.3 Å². The van der Waals surface area contributed by atoms with Gasteiger partial charge in [0.25, 0.3) is 0 Å². The van der Waals surface area contributed by atoms with E-state index in [0.29, 0.717) is 0 Å². The van der Waals surface area contributed by atoms with Crippen molar-refractivity contribution in [3.8, 4) is 0 Å². The number of methoxy groups -OCH3 is 1. The summed E-state index contributed by atoms with van der Waals surface area (Å²) in [6.45, 7) is 4.20. The van der Waals surface area contributed by atoms with Crippen LogP contribution in [0.4, 0.5) is 0 Å². The Labute approximate surface area is 99.4 Å². The summed E-state index contributed by atoms with van der Waals surface area (Å²) in [5.41, 5.74) is 4.09. The smallest absolute Gasteiger partial charge is 0.0879 e. The quantitative estimate of drug-likeness (QED) is 0.335. The van der Waals surface area contributed by atoms with Crippen LogP contribution in [0.3, 0.4) is 0 Å². The van der Waals surface area contributed by atoms with Gasteiger partial charge in [0, 0.05) is 7.11 Å². The van der Waals surface area contributed by atoms with Gasteiger partial charge < -0.3 is 4.74 Å². The number of ether oxygens (including phenoxy) is 1. The molecule has 0 heterocycles. The molecule has 0 aromatic rings. The maximum atomic E-state index is 5.83. The summed E-state index contributed by atoms with van der Waals surface area (Å²) in [6, 6.07) is 0.126. The Morgan fingerprint density at radius 2 is 1.81 bits per heavy atom. The van der Waals surface area contributed by atoms with Gasteiger partial charge >= 0.3 is 0 Å². The maximum Gasteiger partial charge on any atom is 0.0879 e. The van der Waals surface area contributed by atoms with Crippen molar-refractivity contribution in [2.24, 2.45) is 5.84 Å². The van der Waals surface area contributed by atoms with Crippen molar-refractivity contribution in [2.45, 2.75) is 64.0 Å². The van der Waals surface area contributed by atoms with Crippen LogP contribution in [0.2, 0.25) is 0 Å². The molecule has 1 aliphatic carbocycles. The van der Waals surface area contributed by atoms with E-state index in [1.54, 1.807) is 0 Å². The highest BCUT2D eigenvalue weighted by Crippen LogP contribution is 2.33. The fraction of sp³-hybridized carbons (Fsp3) is 0.846. The number of nitrogens with two attached hydrogens (primary N) is 1. The van der Waals surface area contributed by atoms with E-state index in [0.717, 1.165) is 12.8 Å². The average Bonchev–Trinajstić information content (AvgIpc) is 2.51. The summed E-state index contributed by atoms with van der Waals surface area (Å²) in [6.07, 6.45) is 9.50. The molecule has 3 N–H and O–H groups in total. The third kappa shape index (κ3) is 3.30. The van der Waals surface area contributed by atoms with Gasteiger partial charge in [-0.05, 0) is 26.7 Å². The molecule has 1 rings (SSSR count). The molecule has 0 amide bonds. The molecule has 1 saturated carbocycles. The van der Waals surface area contributed by atoms with Gasteiger partial charge in [0.1, 0.15) is 0 Å². The molecule has 94 valence electrons. The van der Waals surface area contributed by atoms with E-state index < -0.39 is 0 Å². The van der Waals surface area contributed by atoms with E-state index in [9.17, 15) is 0 Å². The van der Waals surface area contributed by atoms with Gasteiger partial charge in [-0.3, -0.25) is 11.3 Å². The molecule has 0 radical (unpaired) electrons. The van der Waals surface area contributed by atoms with Crippen LogP contribution in [0.25, 0.3) is 0 Å². The lowest BCUT2D eigenvalue weighted by Crippen LogP contribution is -2.53. The maximum absolute atomic E-state index is 5.83. The highest BCUT2D eigenvalue weighted by molar-refractivity contribution is 5.09. The largest absolute Gasteiger partial charge is 0.376 e. The summed E-state index contributed by atoms with van der Waals surface area (Å²) in [4.78, 5) is 0. The van der Waals surface area contributed by atoms with Crippen molar-refractivity contribution in [2.75, 3.05) is 7.11 Å². The summed E-state index contributed by atoms with van der Waals surface area (Å²) < 4.78 is 5.83. The number of nitrogens with one attached hydrogen (secondary N) is 1. The van der Waals surface area contributed by atoms with Crippen LogP contribution in [0, 0.1) is 0 Å². The Balaban J connectivity index is 2.85. The van der Waals surface area contributed by atoms with Crippen LogP contribution in [0.1, 0.15) is 52.4 Å². The van der Waals surface area contributed by atoms with Crippen LogP contribution in [-0.2, 0) is 4.74 Å². The third-order valence-corrected chi connectivity index (χ3v) is 3.60. The molecule has 3 nitrogen and oxygen atoms in total. The summed E-state index contributed by atoms with van der Waals surface area (Å²) in [7, 11) is 1.81. The first kappa shape index (κ1) is 13.7. The van der Waals surface area contributed by atoms with Gasteiger partial charge in [-0.2, -0.15) is 0 Å². The zero-order chi connectivity index (χ0) is 12.0. The van der Waals surface area contributed by atoms with E-state index in [2.05, 4.69) is 25.3 Å². The Morgan fingerprint density at radius 3 is 2.19 bits per heavy atom. The number of rotatable bonds is 4. The summed E-state index contributed by atoms with van der Waals surface area (Å²) in [5, 5.41) is 0. The molecule has 3 heteroatoms. The molecule has 1 unspecified atom stereocenters. The van der Waals surface area contributed by atoms with Crippen LogP contribution >= 0.6 is 0 Å². The normalized spacial score (nSPS) is 22.2. The Kier molecular flexibility index (Phi) is 5.46. The number of hydrogen-bond donors (Lipinski definition) is 2. The van der Waals surface area contributed by atoms with Crippen molar-refractivity contribution in [3.05, 3.63) is 11.6 Å². The minimum Gasteiger partial charge on any atom is -0.376 e. The molecule has 0 aliphatic heterocycles. The Morgan fingerprint density at radius 1 is 1.25 bits per heavy atom. The molecular weight excluding hydrogens is 200 g/mol. The first-order valence-corrected chi connectivity index (χ1v) is 6.31. The number of hydrogen-bond acceptors (Lipinski definition) is 3. The molecular formula is C13H26N2O. The van der Waals surface area contributed by atoms with Gasteiger partial charge in [-0.1, -0.05) is 37.3 Å². The number of allylic oxidation sites excluding steroid dienone is 1. The summed E-state index contributed by atoms with van der Waals surface area (Å²) in [5.74, 6) is 5.69. The predicted molar refractivity (Wildman–Crippen MR) is 68.0 cm³/mol. The van der Waals surface area contributed by atoms with E-state index >= 15 is 0 Å². The second kappa shape index (κ2) is 6.38.